The van der Waals surface area contributed by atoms with Gasteiger partial charge in [0.05, 0.1) is 5.56 Å². The van der Waals surface area contributed by atoms with E-state index in [1.807, 2.05) is 0 Å². The molecule has 218 valence electrons. The molecule has 0 amide bonds. The van der Waals surface area contributed by atoms with Crippen LogP contribution in [0.15, 0.2) is 47.0 Å². The Bertz CT molecular complexity index is 1960. The van der Waals surface area contributed by atoms with Gasteiger partial charge in [-0.3, -0.25) is 0 Å². The van der Waals surface area contributed by atoms with E-state index >= 15 is 0 Å². The topological polar surface area (TPSA) is 17.0 Å². The first-order chi connectivity index (χ1) is 19.6. The number of aryl methyl sites for hydroxylation is 3. The summed E-state index contributed by atoms with van der Waals surface area (Å²) >= 11 is 0. The molecule has 2 aliphatic rings. The monoisotopic (exact) mass is 558 g/mol. The van der Waals surface area contributed by atoms with Crippen LogP contribution in [-0.4, -0.2) is 0 Å². The lowest BCUT2D eigenvalue weighted by Crippen LogP contribution is -2.36. The van der Waals surface area contributed by atoms with Crippen molar-refractivity contribution in [3.05, 3.63) is 76.0 Å². The number of benzene rings is 3. The van der Waals surface area contributed by atoms with Crippen LogP contribution < -0.4 is 4.57 Å². The fourth-order valence-electron chi connectivity index (χ4n) is 8.62. The molecule has 0 unspecified atom stereocenters. The first-order valence-electron chi connectivity index (χ1n) is 16.0. The van der Waals surface area contributed by atoms with E-state index in [0.717, 1.165) is 17.6 Å². The van der Waals surface area contributed by atoms with Gasteiger partial charge >= 0.3 is 0 Å². The van der Waals surface area contributed by atoms with Crippen molar-refractivity contribution in [2.45, 2.75) is 117 Å². The third-order valence-electron chi connectivity index (χ3n) is 11.3. The molecule has 5 aromatic rings. The van der Waals surface area contributed by atoms with Crippen LogP contribution in [0.4, 0.5) is 0 Å². The van der Waals surface area contributed by atoms with Crippen molar-refractivity contribution in [1.82, 2.24) is 0 Å². The van der Waals surface area contributed by atoms with Crippen molar-refractivity contribution in [2.24, 2.45) is 7.05 Å². The van der Waals surface area contributed by atoms with Gasteiger partial charge in [-0.2, -0.15) is 0 Å². The fraction of sp³-hybridized carbons (Fsp3) is 0.475. The Morgan fingerprint density at radius 1 is 0.619 bits per heavy atom. The number of fused-ring (bicyclic) bond motifs is 10. The molecule has 2 aliphatic carbocycles. The molecule has 2 aromatic heterocycles. The molecule has 0 saturated carbocycles. The SMILES string of the molecule is Cc1cc[n+](C)c(-c2c(C)ccc3c2oc2c4c(c5ccc6c(c5c23)C(C)(C)CCC6(C)C)C(C)(C)CCC4(C)C)c1. The summed E-state index contributed by atoms with van der Waals surface area (Å²) in [5, 5.41) is 5.49. The lowest BCUT2D eigenvalue weighted by molar-refractivity contribution is -0.660. The molecule has 0 N–H and O–H groups in total. The molecule has 0 radical (unpaired) electrons. The number of rotatable bonds is 1. The molecular weight excluding hydrogens is 510 g/mol. The van der Waals surface area contributed by atoms with E-state index in [1.54, 1.807) is 5.56 Å². The van der Waals surface area contributed by atoms with Gasteiger partial charge in [0.1, 0.15) is 18.2 Å². The third-order valence-corrected chi connectivity index (χ3v) is 11.3. The molecule has 0 fully saturated rings. The molecule has 2 nitrogen and oxygen atoms in total. The number of aromatic nitrogens is 1. The minimum absolute atomic E-state index is 0.0269. The minimum atomic E-state index is 0.0269. The van der Waals surface area contributed by atoms with Gasteiger partial charge in [-0.25, -0.2) is 4.57 Å². The fourth-order valence-corrected chi connectivity index (χ4v) is 8.62. The second-order valence-electron chi connectivity index (χ2n) is 16.3. The van der Waals surface area contributed by atoms with Crippen LogP contribution in [0.2, 0.25) is 0 Å². The molecule has 0 bridgehead atoms. The van der Waals surface area contributed by atoms with Crippen LogP contribution in [0.5, 0.6) is 0 Å². The highest BCUT2D eigenvalue weighted by atomic mass is 16.3. The maximum Gasteiger partial charge on any atom is 0.216 e. The average Bonchev–Trinajstić information content (AvgIpc) is 3.29. The van der Waals surface area contributed by atoms with Crippen LogP contribution >= 0.6 is 0 Å². The Morgan fingerprint density at radius 3 is 1.90 bits per heavy atom. The van der Waals surface area contributed by atoms with Gasteiger partial charge in [-0.05, 0) is 99.8 Å². The summed E-state index contributed by atoms with van der Waals surface area (Å²) in [4.78, 5) is 0. The number of nitrogens with zero attached hydrogens (tertiary/aromatic N) is 1. The maximum absolute atomic E-state index is 7.35. The van der Waals surface area contributed by atoms with Crippen LogP contribution in [0, 0.1) is 13.8 Å². The van der Waals surface area contributed by atoms with Gasteiger partial charge in [-0.15, -0.1) is 0 Å². The zero-order valence-corrected chi connectivity index (χ0v) is 27.7. The third kappa shape index (κ3) is 3.66. The number of hydrogen-bond donors (Lipinski definition) is 0. The highest BCUT2D eigenvalue weighted by Crippen LogP contribution is 2.57. The van der Waals surface area contributed by atoms with Crippen LogP contribution in [0.25, 0.3) is 44.0 Å². The van der Waals surface area contributed by atoms with E-state index in [1.165, 1.54) is 79.9 Å². The molecule has 42 heavy (non-hydrogen) atoms. The van der Waals surface area contributed by atoms with Gasteiger partial charge in [0, 0.05) is 28.5 Å². The second kappa shape index (κ2) is 8.49. The Hall–Kier alpha value is -3.13. The lowest BCUT2D eigenvalue weighted by Gasteiger charge is -2.45. The van der Waals surface area contributed by atoms with Crippen molar-refractivity contribution in [1.29, 1.82) is 0 Å². The highest BCUT2D eigenvalue weighted by molar-refractivity contribution is 6.24. The molecule has 0 spiro atoms. The summed E-state index contributed by atoms with van der Waals surface area (Å²) in [6, 6.07) is 14.1. The number of pyridine rings is 1. The van der Waals surface area contributed by atoms with Gasteiger partial charge in [0.15, 0.2) is 6.20 Å². The summed E-state index contributed by atoms with van der Waals surface area (Å²) < 4.78 is 9.59. The molecule has 2 heteroatoms. The summed E-state index contributed by atoms with van der Waals surface area (Å²) in [5.74, 6) is 0. The van der Waals surface area contributed by atoms with E-state index in [4.69, 9.17) is 4.42 Å². The quantitative estimate of drug-likeness (QED) is 0.187. The second-order valence-corrected chi connectivity index (χ2v) is 16.3. The van der Waals surface area contributed by atoms with E-state index in [2.05, 4.69) is 123 Å². The highest BCUT2D eigenvalue weighted by Gasteiger charge is 2.45. The standard InChI is InChI=1S/C40H48NO/c1-23-16-21-41(11)28(22-23)29-24(2)12-13-26-31-30-25(14-15-27-33(30)39(7,8)18-17-37(27,3)4)32-34(36(31)42-35(26)29)40(9,10)20-19-38(32,5)6/h12-16,21-22H,17-20H2,1-11H3/q+1. The first kappa shape index (κ1) is 27.7. The smallest absolute Gasteiger partial charge is 0.216 e. The summed E-state index contributed by atoms with van der Waals surface area (Å²) in [6.45, 7) is 24.1. The Morgan fingerprint density at radius 2 is 1.21 bits per heavy atom. The Kier molecular flexibility index (Phi) is 5.60. The van der Waals surface area contributed by atoms with Crippen molar-refractivity contribution in [3.63, 3.8) is 0 Å². The summed E-state index contributed by atoms with van der Waals surface area (Å²) in [5.41, 5.74) is 13.4. The van der Waals surface area contributed by atoms with Crippen LogP contribution in [0.3, 0.4) is 0 Å². The number of furan rings is 1. The summed E-state index contributed by atoms with van der Waals surface area (Å²) in [6.07, 6.45) is 6.93. The van der Waals surface area contributed by atoms with Crippen LogP contribution in [-0.2, 0) is 28.7 Å². The molecule has 2 heterocycles. The predicted molar refractivity (Wildman–Crippen MR) is 178 cm³/mol. The summed E-state index contributed by atoms with van der Waals surface area (Å²) in [7, 11) is 2.15. The number of hydrogen-bond acceptors (Lipinski definition) is 1. The Balaban J connectivity index is 1.80. The zero-order valence-electron chi connectivity index (χ0n) is 27.7. The Labute approximate surface area is 252 Å². The van der Waals surface area contributed by atoms with Crippen molar-refractivity contribution in [3.8, 4) is 11.3 Å². The molecule has 0 atom stereocenters. The maximum atomic E-state index is 7.35. The predicted octanol–water partition coefficient (Wildman–Crippen LogP) is 10.5. The van der Waals surface area contributed by atoms with Crippen LogP contribution in [0.1, 0.15) is 114 Å². The first-order valence-corrected chi connectivity index (χ1v) is 16.0. The van der Waals surface area contributed by atoms with Crippen molar-refractivity contribution < 1.29 is 8.98 Å². The van der Waals surface area contributed by atoms with E-state index in [-0.39, 0.29) is 21.7 Å². The zero-order chi connectivity index (χ0) is 30.1. The normalized spacial score (nSPS) is 20.2. The van der Waals surface area contributed by atoms with Gasteiger partial charge in [0.25, 0.3) is 0 Å². The average molecular weight is 559 g/mol. The largest absolute Gasteiger partial charge is 0.455 e. The van der Waals surface area contributed by atoms with E-state index in [9.17, 15) is 0 Å². The molecule has 0 aliphatic heterocycles. The molecular formula is C40H48NO+. The van der Waals surface area contributed by atoms with E-state index in [0.29, 0.717) is 0 Å². The van der Waals surface area contributed by atoms with Gasteiger partial charge in [-0.1, -0.05) is 79.7 Å². The minimum Gasteiger partial charge on any atom is -0.455 e. The van der Waals surface area contributed by atoms with Gasteiger partial charge in [0.2, 0.25) is 5.69 Å². The lowest BCUT2D eigenvalue weighted by atomic mass is 9.58. The molecule has 7 rings (SSSR count). The van der Waals surface area contributed by atoms with Gasteiger partial charge < -0.3 is 4.42 Å². The molecule has 0 saturated heterocycles. The van der Waals surface area contributed by atoms with Crippen molar-refractivity contribution in [2.75, 3.05) is 0 Å². The van der Waals surface area contributed by atoms with E-state index < -0.39 is 0 Å². The van der Waals surface area contributed by atoms with Crippen molar-refractivity contribution >= 4 is 32.7 Å². The molecule has 3 aromatic carbocycles.